The lowest BCUT2D eigenvalue weighted by Gasteiger charge is -2.32. The minimum atomic E-state index is -4.61. The van der Waals surface area contributed by atoms with Crippen LogP contribution in [0.2, 0.25) is 0 Å². The SMILES string of the molecule is CC(=O)Nc1ccc2c(c1)C1(C(=O)N2Cc2cccc(F)c2)N(c2ccc(F)c(F)c2)C(=O)CS1(=O)=O. The van der Waals surface area contributed by atoms with Gasteiger partial charge in [0.1, 0.15) is 11.6 Å². The summed E-state index contributed by atoms with van der Waals surface area (Å²) in [5.74, 6) is -6.78. The Labute approximate surface area is 209 Å². The average molecular weight is 529 g/mol. The van der Waals surface area contributed by atoms with Crippen molar-refractivity contribution in [3.05, 3.63) is 89.2 Å². The van der Waals surface area contributed by atoms with E-state index in [0.717, 1.165) is 17.0 Å². The van der Waals surface area contributed by atoms with Gasteiger partial charge in [0.2, 0.25) is 11.8 Å². The molecule has 1 saturated heterocycles. The Morgan fingerprint density at radius 3 is 2.43 bits per heavy atom. The second-order valence-corrected chi connectivity index (χ2v) is 10.8. The molecule has 3 aromatic carbocycles. The Hall–Kier alpha value is -4.19. The van der Waals surface area contributed by atoms with Crippen LogP contribution in [-0.2, 0) is 35.6 Å². The van der Waals surface area contributed by atoms with Gasteiger partial charge in [-0.2, -0.15) is 0 Å². The quantitative estimate of drug-likeness (QED) is 0.559. The molecule has 190 valence electrons. The van der Waals surface area contributed by atoms with E-state index in [4.69, 9.17) is 0 Å². The lowest BCUT2D eigenvalue weighted by molar-refractivity contribution is -0.123. The molecule has 0 saturated carbocycles. The third-order valence-corrected chi connectivity index (χ3v) is 8.33. The van der Waals surface area contributed by atoms with Crippen LogP contribution in [0, 0.1) is 17.5 Å². The maximum Gasteiger partial charge on any atom is 0.274 e. The summed E-state index contributed by atoms with van der Waals surface area (Å²) in [6.45, 7) is 0.980. The molecule has 8 nitrogen and oxygen atoms in total. The van der Waals surface area contributed by atoms with E-state index >= 15 is 0 Å². The third-order valence-electron chi connectivity index (χ3n) is 6.23. The minimum absolute atomic E-state index is 0.0919. The number of fused-ring (bicyclic) bond motifs is 2. The van der Waals surface area contributed by atoms with Crippen molar-refractivity contribution in [1.29, 1.82) is 0 Å². The van der Waals surface area contributed by atoms with Crippen molar-refractivity contribution in [2.75, 3.05) is 20.9 Å². The van der Waals surface area contributed by atoms with Crippen molar-refractivity contribution >= 4 is 44.6 Å². The van der Waals surface area contributed by atoms with Gasteiger partial charge >= 0.3 is 0 Å². The highest BCUT2D eigenvalue weighted by atomic mass is 32.2. The second-order valence-electron chi connectivity index (χ2n) is 8.66. The first-order chi connectivity index (χ1) is 17.5. The lowest BCUT2D eigenvalue weighted by atomic mass is 10.0. The molecule has 3 amide bonds. The summed E-state index contributed by atoms with van der Waals surface area (Å²) in [7, 11) is -4.61. The molecule has 1 spiro atoms. The second kappa shape index (κ2) is 8.44. The van der Waals surface area contributed by atoms with Crippen LogP contribution in [0.1, 0.15) is 18.1 Å². The predicted octanol–water partition coefficient (Wildman–Crippen LogP) is 3.22. The highest BCUT2D eigenvalue weighted by molar-refractivity contribution is 7.94. The first-order valence-electron chi connectivity index (χ1n) is 10.9. The molecule has 0 radical (unpaired) electrons. The topological polar surface area (TPSA) is 104 Å². The number of sulfone groups is 1. The van der Waals surface area contributed by atoms with Crippen molar-refractivity contribution in [3.63, 3.8) is 0 Å². The first kappa shape index (κ1) is 24.5. The number of amides is 3. The Bertz CT molecular complexity index is 1610. The molecule has 3 aromatic rings. The van der Waals surface area contributed by atoms with Crippen LogP contribution in [0.25, 0.3) is 0 Å². The van der Waals surface area contributed by atoms with Crippen molar-refractivity contribution in [3.8, 4) is 0 Å². The van der Waals surface area contributed by atoms with Crippen LogP contribution in [0.15, 0.2) is 60.7 Å². The van der Waals surface area contributed by atoms with E-state index in [1.807, 2.05) is 0 Å². The molecule has 1 atom stereocenters. The van der Waals surface area contributed by atoms with Gasteiger partial charge in [-0.3, -0.25) is 19.3 Å². The molecule has 0 bridgehead atoms. The fourth-order valence-electron chi connectivity index (χ4n) is 4.82. The smallest absolute Gasteiger partial charge is 0.274 e. The van der Waals surface area contributed by atoms with Crippen molar-refractivity contribution in [2.45, 2.75) is 18.3 Å². The molecular weight excluding hydrogens is 511 g/mol. The molecule has 1 N–H and O–H groups in total. The average Bonchev–Trinajstić information content (AvgIpc) is 3.17. The zero-order chi connectivity index (χ0) is 26.7. The number of nitrogens with one attached hydrogen (secondary N) is 1. The highest BCUT2D eigenvalue weighted by Crippen LogP contribution is 2.53. The first-order valence-corrected chi connectivity index (χ1v) is 12.6. The van der Waals surface area contributed by atoms with E-state index in [1.54, 1.807) is 0 Å². The molecule has 2 heterocycles. The maximum absolute atomic E-state index is 14.2. The van der Waals surface area contributed by atoms with Crippen LogP contribution in [-0.4, -0.2) is 31.9 Å². The summed E-state index contributed by atoms with van der Waals surface area (Å²) in [4.78, 5) is 38.0. The molecular formula is C25H18F3N3O5S. The van der Waals surface area contributed by atoms with Crippen molar-refractivity contribution in [2.24, 2.45) is 0 Å². The van der Waals surface area contributed by atoms with Crippen LogP contribution in [0.4, 0.5) is 30.2 Å². The Morgan fingerprint density at radius 2 is 1.76 bits per heavy atom. The van der Waals surface area contributed by atoms with Gasteiger partial charge < -0.3 is 10.2 Å². The van der Waals surface area contributed by atoms with Gasteiger partial charge in [0.15, 0.2) is 21.5 Å². The van der Waals surface area contributed by atoms with Gasteiger partial charge in [0.05, 0.1) is 12.2 Å². The van der Waals surface area contributed by atoms with Crippen molar-refractivity contribution in [1.82, 2.24) is 0 Å². The number of carbonyl (C=O) groups excluding carboxylic acids is 3. The zero-order valence-electron chi connectivity index (χ0n) is 19.2. The molecule has 0 aliphatic carbocycles. The van der Waals surface area contributed by atoms with Gasteiger partial charge in [-0.05, 0) is 48.0 Å². The molecule has 5 rings (SSSR count). The fourth-order valence-corrected chi connectivity index (χ4v) is 6.84. The standard InChI is InChI=1S/C25H18F3N3O5S/c1-14(32)29-17-5-8-22-19(10-17)25(24(34)30(22)12-15-3-2-4-16(26)9-15)31(23(33)13-37(25,35)36)18-6-7-20(27)21(28)11-18/h2-11H,12-13H2,1H3,(H,29,32). The van der Waals surface area contributed by atoms with Gasteiger partial charge in [-0.25, -0.2) is 21.6 Å². The van der Waals surface area contributed by atoms with E-state index < -0.39 is 55.6 Å². The largest absolute Gasteiger partial charge is 0.326 e. The van der Waals surface area contributed by atoms with Crippen LogP contribution in [0.5, 0.6) is 0 Å². The molecule has 1 unspecified atom stereocenters. The molecule has 1 fully saturated rings. The van der Waals surface area contributed by atoms with Crippen LogP contribution in [0.3, 0.4) is 0 Å². The van der Waals surface area contributed by atoms with E-state index in [0.29, 0.717) is 16.5 Å². The molecule has 2 aliphatic rings. The van der Waals surface area contributed by atoms with Crippen LogP contribution < -0.4 is 15.1 Å². The van der Waals surface area contributed by atoms with Gasteiger partial charge in [-0.1, -0.05) is 12.1 Å². The summed E-state index contributed by atoms with van der Waals surface area (Å²) in [5, 5.41) is 2.51. The number of benzene rings is 3. The third kappa shape index (κ3) is 3.67. The van der Waals surface area contributed by atoms with Crippen molar-refractivity contribution < 1.29 is 36.0 Å². The van der Waals surface area contributed by atoms with Gasteiger partial charge in [0, 0.05) is 29.9 Å². The Balaban J connectivity index is 1.78. The summed E-state index contributed by atoms with van der Waals surface area (Å²) in [5.41, 5.74) is 0.0703. The summed E-state index contributed by atoms with van der Waals surface area (Å²) in [6, 6.07) is 11.8. The molecule has 2 aliphatic heterocycles. The number of nitrogens with zero attached hydrogens (tertiary/aromatic N) is 2. The lowest BCUT2D eigenvalue weighted by Crippen LogP contribution is -2.54. The van der Waals surface area contributed by atoms with Crippen LogP contribution >= 0.6 is 0 Å². The van der Waals surface area contributed by atoms with Gasteiger partial charge in [-0.15, -0.1) is 0 Å². The highest BCUT2D eigenvalue weighted by Gasteiger charge is 2.69. The Kier molecular flexibility index (Phi) is 5.59. The molecule has 0 aromatic heterocycles. The fraction of sp³-hybridized carbons (Fsp3) is 0.160. The number of anilines is 3. The van der Waals surface area contributed by atoms with E-state index in [2.05, 4.69) is 5.32 Å². The summed E-state index contributed by atoms with van der Waals surface area (Å²) in [6.07, 6.45) is 0. The molecule has 37 heavy (non-hydrogen) atoms. The van der Waals surface area contributed by atoms with E-state index in [-0.39, 0.29) is 29.2 Å². The summed E-state index contributed by atoms with van der Waals surface area (Å²) < 4.78 is 69.1. The number of hydrogen-bond acceptors (Lipinski definition) is 5. The number of halogens is 3. The number of hydrogen-bond donors (Lipinski definition) is 1. The maximum atomic E-state index is 14.2. The zero-order valence-corrected chi connectivity index (χ0v) is 20.0. The normalized spacial score (nSPS) is 20.0. The van der Waals surface area contributed by atoms with Gasteiger partial charge in [0.25, 0.3) is 10.8 Å². The molecule has 12 heteroatoms. The predicted molar refractivity (Wildman–Crippen MR) is 128 cm³/mol. The number of carbonyl (C=O) groups is 3. The van der Waals surface area contributed by atoms with E-state index in [1.165, 1.54) is 49.4 Å². The monoisotopic (exact) mass is 529 g/mol. The number of rotatable bonds is 4. The van der Waals surface area contributed by atoms with E-state index in [9.17, 15) is 36.0 Å². The minimum Gasteiger partial charge on any atom is -0.326 e. The Morgan fingerprint density at radius 1 is 1.00 bits per heavy atom. The summed E-state index contributed by atoms with van der Waals surface area (Å²) >= 11 is 0.